The number of hydrogen-bond donors (Lipinski definition) is 0. The first-order chi connectivity index (χ1) is 9.57. The number of pyridine rings is 1. The molecule has 0 saturated carbocycles. The Balaban J connectivity index is 2.33. The highest BCUT2D eigenvalue weighted by Crippen LogP contribution is 2.33. The van der Waals surface area contributed by atoms with Gasteiger partial charge in [0.05, 0.1) is 5.69 Å². The van der Waals surface area contributed by atoms with Crippen molar-refractivity contribution in [1.29, 1.82) is 0 Å². The third-order valence-corrected chi connectivity index (χ3v) is 3.59. The molecule has 100 valence electrons. The first-order valence-electron chi connectivity index (χ1n) is 7.01. The Hall–Kier alpha value is -2.15. The van der Waals surface area contributed by atoms with Crippen molar-refractivity contribution < 1.29 is 0 Å². The number of rotatable bonds is 1. The molecule has 2 aromatic carbocycles. The van der Waals surface area contributed by atoms with E-state index in [2.05, 4.69) is 69.3 Å². The Morgan fingerprint density at radius 3 is 2.00 bits per heavy atom. The molecule has 0 unspecified atom stereocenters. The fourth-order valence-electron chi connectivity index (χ4n) is 2.64. The Kier molecular flexibility index (Phi) is 3.06. The predicted molar refractivity (Wildman–Crippen MR) is 85.9 cm³/mol. The summed E-state index contributed by atoms with van der Waals surface area (Å²) in [5.41, 5.74) is 3.63. The van der Waals surface area contributed by atoms with Gasteiger partial charge in [-0.1, -0.05) is 75.4 Å². The van der Waals surface area contributed by atoms with Gasteiger partial charge in [-0.3, -0.25) is 4.98 Å². The van der Waals surface area contributed by atoms with Gasteiger partial charge in [0.25, 0.3) is 0 Å². The largest absolute Gasteiger partial charge is 0.259 e. The van der Waals surface area contributed by atoms with Gasteiger partial charge in [0.1, 0.15) is 0 Å². The molecule has 0 bridgehead atoms. The van der Waals surface area contributed by atoms with E-state index in [0.717, 1.165) is 5.69 Å². The van der Waals surface area contributed by atoms with Gasteiger partial charge < -0.3 is 0 Å². The van der Waals surface area contributed by atoms with Crippen LogP contribution in [0.1, 0.15) is 26.5 Å². The molecule has 1 nitrogen and oxygen atoms in total. The SMILES string of the molecule is CC(C)(C)c1ncc(-c2ccccc2)c2ccccc12. The Morgan fingerprint density at radius 1 is 0.750 bits per heavy atom. The highest BCUT2D eigenvalue weighted by Gasteiger charge is 2.19. The highest BCUT2D eigenvalue weighted by molar-refractivity contribution is 5.97. The maximum Gasteiger partial charge on any atom is 0.0535 e. The maximum absolute atomic E-state index is 4.75. The first kappa shape index (κ1) is 12.9. The molecule has 0 fully saturated rings. The third-order valence-electron chi connectivity index (χ3n) is 3.59. The molecule has 1 aromatic heterocycles. The predicted octanol–water partition coefficient (Wildman–Crippen LogP) is 5.20. The monoisotopic (exact) mass is 261 g/mol. The number of fused-ring (bicyclic) bond motifs is 1. The normalized spacial score (nSPS) is 11.8. The van der Waals surface area contributed by atoms with E-state index in [1.54, 1.807) is 0 Å². The van der Waals surface area contributed by atoms with Gasteiger partial charge >= 0.3 is 0 Å². The van der Waals surface area contributed by atoms with E-state index in [-0.39, 0.29) is 5.41 Å². The van der Waals surface area contributed by atoms with Crippen molar-refractivity contribution >= 4 is 10.8 Å². The highest BCUT2D eigenvalue weighted by atomic mass is 14.7. The van der Waals surface area contributed by atoms with Crippen LogP contribution in [-0.2, 0) is 5.41 Å². The van der Waals surface area contributed by atoms with E-state index < -0.39 is 0 Å². The van der Waals surface area contributed by atoms with Crippen LogP contribution in [0.2, 0.25) is 0 Å². The number of hydrogen-bond acceptors (Lipinski definition) is 1. The lowest BCUT2D eigenvalue weighted by Gasteiger charge is -2.21. The molecule has 0 aliphatic carbocycles. The second kappa shape index (κ2) is 4.75. The van der Waals surface area contributed by atoms with Crippen LogP contribution in [-0.4, -0.2) is 4.98 Å². The molecule has 0 saturated heterocycles. The molecule has 0 spiro atoms. The van der Waals surface area contributed by atoms with Gasteiger partial charge in [0.2, 0.25) is 0 Å². The van der Waals surface area contributed by atoms with Crippen molar-refractivity contribution in [2.45, 2.75) is 26.2 Å². The maximum atomic E-state index is 4.75. The number of aromatic nitrogens is 1. The summed E-state index contributed by atoms with van der Waals surface area (Å²) >= 11 is 0. The summed E-state index contributed by atoms with van der Waals surface area (Å²) < 4.78 is 0. The summed E-state index contributed by atoms with van der Waals surface area (Å²) in [4.78, 5) is 4.75. The summed E-state index contributed by atoms with van der Waals surface area (Å²) in [6, 6.07) is 19.0. The Bertz CT molecular complexity index is 737. The average Bonchev–Trinajstić information content (AvgIpc) is 2.46. The van der Waals surface area contributed by atoms with Gasteiger partial charge in [0, 0.05) is 22.6 Å². The van der Waals surface area contributed by atoms with E-state index in [0.29, 0.717) is 0 Å². The van der Waals surface area contributed by atoms with E-state index in [1.165, 1.54) is 21.9 Å². The minimum absolute atomic E-state index is 0.0504. The zero-order chi connectivity index (χ0) is 14.2. The Labute approximate surface area is 120 Å². The summed E-state index contributed by atoms with van der Waals surface area (Å²) in [7, 11) is 0. The van der Waals surface area contributed by atoms with Gasteiger partial charge in [-0.05, 0) is 10.9 Å². The minimum atomic E-state index is 0.0504. The van der Waals surface area contributed by atoms with Crippen LogP contribution in [0, 0.1) is 0 Å². The van der Waals surface area contributed by atoms with Crippen LogP contribution in [0.4, 0.5) is 0 Å². The summed E-state index contributed by atoms with van der Waals surface area (Å²) in [5.74, 6) is 0. The van der Waals surface area contributed by atoms with E-state index in [4.69, 9.17) is 4.98 Å². The smallest absolute Gasteiger partial charge is 0.0535 e. The van der Waals surface area contributed by atoms with E-state index in [9.17, 15) is 0 Å². The van der Waals surface area contributed by atoms with Crippen LogP contribution >= 0.6 is 0 Å². The molecule has 3 aromatic rings. The fourth-order valence-corrected chi connectivity index (χ4v) is 2.64. The quantitative estimate of drug-likeness (QED) is 0.586. The summed E-state index contributed by atoms with van der Waals surface area (Å²) in [6.45, 7) is 6.64. The van der Waals surface area contributed by atoms with Crippen molar-refractivity contribution in [3.63, 3.8) is 0 Å². The lowest BCUT2D eigenvalue weighted by molar-refractivity contribution is 0.575. The zero-order valence-electron chi connectivity index (χ0n) is 12.2. The molecule has 0 aliphatic heterocycles. The van der Waals surface area contributed by atoms with Crippen molar-refractivity contribution in [3.8, 4) is 11.1 Å². The standard InChI is InChI=1S/C19H19N/c1-19(2,3)18-16-12-8-7-11-15(16)17(13-20-18)14-9-5-4-6-10-14/h4-13H,1-3H3. The van der Waals surface area contributed by atoms with E-state index in [1.807, 2.05) is 12.3 Å². The van der Waals surface area contributed by atoms with Crippen LogP contribution in [0.15, 0.2) is 60.8 Å². The topological polar surface area (TPSA) is 12.9 Å². The van der Waals surface area contributed by atoms with Crippen LogP contribution in [0.5, 0.6) is 0 Å². The number of nitrogens with zero attached hydrogens (tertiary/aromatic N) is 1. The molecule has 1 heteroatoms. The molecule has 0 aliphatic rings. The van der Waals surface area contributed by atoms with Crippen molar-refractivity contribution in [3.05, 3.63) is 66.5 Å². The Morgan fingerprint density at radius 2 is 1.35 bits per heavy atom. The third kappa shape index (κ3) is 2.20. The van der Waals surface area contributed by atoms with Crippen molar-refractivity contribution in [2.24, 2.45) is 0 Å². The summed E-state index contributed by atoms with van der Waals surface area (Å²) in [6.07, 6.45) is 2.01. The molecule has 20 heavy (non-hydrogen) atoms. The molecular weight excluding hydrogens is 242 g/mol. The second-order valence-corrected chi connectivity index (χ2v) is 6.18. The van der Waals surface area contributed by atoms with Crippen LogP contribution in [0.25, 0.3) is 21.9 Å². The molecule has 3 rings (SSSR count). The van der Waals surface area contributed by atoms with Gasteiger partial charge in [-0.15, -0.1) is 0 Å². The van der Waals surface area contributed by atoms with E-state index >= 15 is 0 Å². The molecule has 0 amide bonds. The lowest BCUT2D eigenvalue weighted by atomic mass is 9.87. The summed E-state index contributed by atoms with van der Waals surface area (Å²) in [5, 5.41) is 2.53. The van der Waals surface area contributed by atoms with Crippen molar-refractivity contribution in [2.75, 3.05) is 0 Å². The average molecular weight is 261 g/mol. The van der Waals surface area contributed by atoms with Crippen molar-refractivity contribution in [1.82, 2.24) is 4.98 Å². The molecule has 0 N–H and O–H groups in total. The second-order valence-electron chi connectivity index (χ2n) is 6.18. The van der Waals surface area contributed by atoms with Crippen LogP contribution < -0.4 is 0 Å². The zero-order valence-corrected chi connectivity index (χ0v) is 12.2. The van der Waals surface area contributed by atoms with Gasteiger partial charge in [0.15, 0.2) is 0 Å². The van der Waals surface area contributed by atoms with Gasteiger partial charge in [-0.25, -0.2) is 0 Å². The first-order valence-corrected chi connectivity index (χ1v) is 7.01. The molecule has 0 atom stereocenters. The molecule has 1 heterocycles. The molecule has 0 radical (unpaired) electrons. The fraction of sp³-hybridized carbons (Fsp3) is 0.211. The lowest BCUT2D eigenvalue weighted by Crippen LogP contribution is -2.14. The number of benzene rings is 2. The molecular formula is C19H19N. The van der Waals surface area contributed by atoms with Gasteiger partial charge in [-0.2, -0.15) is 0 Å². The minimum Gasteiger partial charge on any atom is -0.259 e. The van der Waals surface area contributed by atoms with Crippen LogP contribution in [0.3, 0.4) is 0 Å².